The number of hydrogen-bond donors (Lipinski definition) is 0. The Balaban J connectivity index is 2.49. The van der Waals surface area contributed by atoms with E-state index < -0.39 is 0 Å². The molecule has 0 aliphatic rings. The van der Waals surface area contributed by atoms with Crippen LogP contribution in [0.5, 0.6) is 0 Å². The first-order chi connectivity index (χ1) is 9.17. The van der Waals surface area contributed by atoms with E-state index >= 15 is 0 Å². The molecule has 0 amide bonds. The number of pyridine rings is 1. The SMILES string of the molecule is CC(CC#N)N(C)c1nc2ccccc2cc1CCl. The summed E-state index contributed by atoms with van der Waals surface area (Å²) in [6.07, 6.45) is 0.465. The van der Waals surface area contributed by atoms with Crippen molar-refractivity contribution in [2.45, 2.75) is 25.3 Å². The number of rotatable bonds is 4. The molecule has 1 heterocycles. The van der Waals surface area contributed by atoms with Gasteiger partial charge >= 0.3 is 0 Å². The number of anilines is 1. The van der Waals surface area contributed by atoms with Crippen LogP contribution in [-0.2, 0) is 5.88 Å². The van der Waals surface area contributed by atoms with Crippen LogP contribution in [0.15, 0.2) is 30.3 Å². The lowest BCUT2D eigenvalue weighted by atomic mass is 10.1. The molecule has 0 spiro atoms. The van der Waals surface area contributed by atoms with Crippen LogP contribution in [0, 0.1) is 11.3 Å². The van der Waals surface area contributed by atoms with E-state index in [9.17, 15) is 0 Å². The molecule has 0 saturated heterocycles. The molecule has 0 bridgehead atoms. The van der Waals surface area contributed by atoms with Gasteiger partial charge in [0.15, 0.2) is 0 Å². The van der Waals surface area contributed by atoms with Crippen molar-refractivity contribution < 1.29 is 0 Å². The molecule has 0 N–H and O–H groups in total. The highest BCUT2D eigenvalue weighted by Crippen LogP contribution is 2.26. The van der Waals surface area contributed by atoms with Crippen LogP contribution in [0.1, 0.15) is 18.9 Å². The fourth-order valence-electron chi connectivity index (χ4n) is 2.03. The number of alkyl halides is 1. The van der Waals surface area contributed by atoms with E-state index in [1.54, 1.807) is 0 Å². The molecule has 19 heavy (non-hydrogen) atoms. The molecular weight excluding hydrogens is 258 g/mol. The van der Waals surface area contributed by atoms with Crippen LogP contribution >= 0.6 is 11.6 Å². The van der Waals surface area contributed by atoms with E-state index in [1.807, 2.05) is 43.1 Å². The van der Waals surface area contributed by atoms with Gasteiger partial charge in [0, 0.05) is 24.0 Å². The zero-order chi connectivity index (χ0) is 13.8. The maximum atomic E-state index is 8.81. The Bertz CT molecular complexity index is 618. The number of para-hydroxylation sites is 1. The van der Waals surface area contributed by atoms with Crippen molar-refractivity contribution in [1.82, 2.24) is 4.98 Å². The van der Waals surface area contributed by atoms with Crippen LogP contribution in [0.2, 0.25) is 0 Å². The highest BCUT2D eigenvalue weighted by molar-refractivity contribution is 6.17. The number of aromatic nitrogens is 1. The fraction of sp³-hybridized carbons (Fsp3) is 0.333. The first-order valence-corrected chi connectivity index (χ1v) is 6.75. The molecule has 1 aromatic heterocycles. The van der Waals surface area contributed by atoms with E-state index in [2.05, 4.69) is 17.1 Å². The summed E-state index contributed by atoms with van der Waals surface area (Å²) in [5, 5.41) is 9.89. The molecule has 2 aromatic rings. The minimum absolute atomic E-state index is 0.112. The fourth-order valence-corrected chi connectivity index (χ4v) is 2.23. The maximum Gasteiger partial charge on any atom is 0.133 e. The standard InChI is InChI=1S/C15H16ClN3/c1-11(7-8-17)19(2)15-13(10-16)9-12-5-3-4-6-14(12)18-15/h3-6,9,11H,7,10H2,1-2H3. The van der Waals surface area contributed by atoms with Crippen LogP contribution in [0.3, 0.4) is 0 Å². The second-order valence-electron chi connectivity index (χ2n) is 4.62. The minimum Gasteiger partial charge on any atom is -0.356 e. The van der Waals surface area contributed by atoms with Crippen molar-refractivity contribution in [3.05, 3.63) is 35.9 Å². The smallest absolute Gasteiger partial charge is 0.133 e. The Morgan fingerprint density at radius 3 is 2.84 bits per heavy atom. The zero-order valence-corrected chi connectivity index (χ0v) is 11.9. The van der Waals surface area contributed by atoms with E-state index in [0.29, 0.717) is 12.3 Å². The molecule has 1 unspecified atom stereocenters. The van der Waals surface area contributed by atoms with Gasteiger partial charge in [-0.1, -0.05) is 18.2 Å². The number of nitriles is 1. The zero-order valence-electron chi connectivity index (χ0n) is 11.1. The first-order valence-electron chi connectivity index (χ1n) is 6.21. The van der Waals surface area contributed by atoms with Crippen molar-refractivity contribution in [1.29, 1.82) is 5.26 Å². The monoisotopic (exact) mass is 273 g/mol. The molecule has 0 aliphatic carbocycles. The van der Waals surface area contributed by atoms with Gasteiger partial charge in [-0.2, -0.15) is 5.26 Å². The van der Waals surface area contributed by atoms with Crippen molar-refractivity contribution >= 4 is 28.3 Å². The minimum atomic E-state index is 0.112. The molecule has 0 aliphatic heterocycles. The van der Waals surface area contributed by atoms with Gasteiger partial charge in [-0.3, -0.25) is 0 Å². The Morgan fingerprint density at radius 2 is 2.16 bits per heavy atom. The number of fused-ring (bicyclic) bond motifs is 1. The Kier molecular flexibility index (Phi) is 4.24. The molecule has 1 aromatic carbocycles. The summed E-state index contributed by atoms with van der Waals surface area (Å²) in [4.78, 5) is 6.70. The number of hydrogen-bond acceptors (Lipinski definition) is 3. The van der Waals surface area contributed by atoms with Crippen LogP contribution < -0.4 is 4.90 Å². The molecule has 0 saturated carbocycles. The van der Waals surface area contributed by atoms with E-state index in [4.69, 9.17) is 16.9 Å². The van der Waals surface area contributed by atoms with Crippen LogP contribution in [0.4, 0.5) is 5.82 Å². The van der Waals surface area contributed by atoms with Crippen LogP contribution in [-0.4, -0.2) is 18.1 Å². The first kappa shape index (κ1) is 13.6. The van der Waals surface area contributed by atoms with E-state index in [1.165, 1.54) is 0 Å². The van der Waals surface area contributed by atoms with Gasteiger partial charge in [-0.25, -0.2) is 4.98 Å². The van der Waals surface area contributed by atoms with Gasteiger partial charge < -0.3 is 4.90 Å². The third-order valence-electron chi connectivity index (χ3n) is 3.31. The van der Waals surface area contributed by atoms with Gasteiger partial charge in [-0.05, 0) is 19.1 Å². The van der Waals surface area contributed by atoms with Crippen molar-refractivity contribution in [3.8, 4) is 6.07 Å². The summed E-state index contributed by atoms with van der Waals surface area (Å²) < 4.78 is 0. The second-order valence-corrected chi connectivity index (χ2v) is 4.89. The van der Waals surface area contributed by atoms with Crippen molar-refractivity contribution in [2.24, 2.45) is 0 Å². The molecule has 2 rings (SSSR count). The molecule has 0 radical (unpaired) electrons. The van der Waals surface area contributed by atoms with Crippen LogP contribution in [0.25, 0.3) is 10.9 Å². The second kappa shape index (κ2) is 5.90. The molecule has 98 valence electrons. The maximum absolute atomic E-state index is 8.81. The Labute approximate surface area is 118 Å². The number of benzene rings is 1. The van der Waals surface area contributed by atoms with Crippen molar-refractivity contribution in [2.75, 3.05) is 11.9 Å². The average Bonchev–Trinajstić information content (AvgIpc) is 2.45. The molecule has 3 nitrogen and oxygen atoms in total. The highest BCUT2D eigenvalue weighted by Gasteiger charge is 2.15. The average molecular weight is 274 g/mol. The largest absolute Gasteiger partial charge is 0.356 e. The summed E-state index contributed by atoms with van der Waals surface area (Å²) in [6.45, 7) is 2.01. The van der Waals surface area contributed by atoms with E-state index in [-0.39, 0.29) is 6.04 Å². The molecular formula is C15H16ClN3. The summed E-state index contributed by atoms with van der Waals surface area (Å²) in [6, 6.07) is 12.3. The number of nitrogens with zero attached hydrogens (tertiary/aromatic N) is 3. The third kappa shape index (κ3) is 2.80. The van der Waals surface area contributed by atoms with Gasteiger partial charge in [-0.15, -0.1) is 11.6 Å². The van der Waals surface area contributed by atoms with E-state index in [0.717, 1.165) is 22.3 Å². The third-order valence-corrected chi connectivity index (χ3v) is 3.59. The Hall–Kier alpha value is -1.79. The summed E-state index contributed by atoms with van der Waals surface area (Å²) in [7, 11) is 1.95. The quantitative estimate of drug-likeness (QED) is 0.797. The molecule has 1 atom stereocenters. The highest BCUT2D eigenvalue weighted by atomic mass is 35.5. The van der Waals surface area contributed by atoms with Gasteiger partial charge in [0.2, 0.25) is 0 Å². The lowest BCUT2D eigenvalue weighted by molar-refractivity contribution is 0.693. The molecule has 0 fully saturated rings. The van der Waals surface area contributed by atoms with Crippen molar-refractivity contribution in [3.63, 3.8) is 0 Å². The predicted molar refractivity (Wildman–Crippen MR) is 79.4 cm³/mol. The summed E-state index contributed by atoms with van der Waals surface area (Å²) in [5.41, 5.74) is 1.94. The summed E-state index contributed by atoms with van der Waals surface area (Å²) in [5.74, 6) is 1.27. The lowest BCUT2D eigenvalue weighted by Gasteiger charge is -2.26. The topological polar surface area (TPSA) is 39.9 Å². The van der Waals surface area contributed by atoms with Gasteiger partial charge in [0.1, 0.15) is 5.82 Å². The lowest BCUT2D eigenvalue weighted by Crippen LogP contribution is -2.30. The number of halogens is 1. The summed E-state index contributed by atoms with van der Waals surface area (Å²) >= 11 is 6.03. The molecule has 4 heteroatoms. The van der Waals surface area contributed by atoms with Gasteiger partial charge in [0.05, 0.1) is 23.9 Å². The Morgan fingerprint density at radius 1 is 1.42 bits per heavy atom. The van der Waals surface area contributed by atoms with Gasteiger partial charge in [0.25, 0.3) is 0 Å². The predicted octanol–water partition coefficient (Wildman–Crippen LogP) is 3.71. The normalized spacial score (nSPS) is 12.1.